The summed E-state index contributed by atoms with van der Waals surface area (Å²) in [5, 5.41) is 9.75. The van der Waals surface area contributed by atoms with Gasteiger partial charge >= 0.3 is 0 Å². The Bertz CT molecular complexity index is 1270. The molecule has 33 heavy (non-hydrogen) atoms. The maximum atomic E-state index is 13.7. The van der Waals surface area contributed by atoms with E-state index >= 15 is 0 Å². The fraction of sp³-hybridized carbons (Fsp3) is 0.222. The average molecular weight is 453 g/mol. The van der Waals surface area contributed by atoms with Crippen molar-refractivity contribution in [1.82, 2.24) is 14.8 Å². The summed E-state index contributed by atoms with van der Waals surface area (Å²) in [4.78, 5) is 15.6. The number of hydrogen-bond acceptors (Lipinski definition) is 4. The summed E-state index contributed by atoms with van der Waals surface area (Å²) in [5.74, 6) is 1.81. The second-order valence-corrected chi connectivity index (χ2v) is 9.50. The first kappa shape index (κ1) is 20.2. The molecule has 0 radical (unpaired) electrons. The van der Waals surface area contributed by atoms with Crippen molar-refractivity contribution in [3.63, 3.8) is 0 Å². The Hall–Kier alpha value is -3.38. The number of carbonyl (C=O) groups excluding carboxylic acids is 1. The highest BCUT2D eigenvalue weighted by Gasteiger charge is 2.32. The van der Waals surface area contributed by atoms with Gasteiger partial charge in [-0.15, -0.1) is 10.2 Å². The maximum Gasteiger partial charge on any atom is 0.242 e. The van der Waals surface area contributed by atoms with Crippen LogP contribution in [0.5, 0.6) is 0 Å². The SMILES string of the molecule is O=C(CSc1nnc(C2CC2)n1-c1ccccc1)N1c2ccccc2CCc2ccccc21. The molecular formula is C27H24N4OS. The minimum Gasteiger partial charge on any atom is -0.280 e. The minimum atomic E-state index is 0.0531. The molecule has 164 valence electrons. The summed E-state index contributed by atoms with van der Waals surface area (Å²) in [6.45, 7) is 0. The van der Waals surface area contributed by atoms with Crippen molar-refractivity contribution in [2.75, 3.05) is 10.7 Å². The Labute approximate surface area is 197 Å². The Kier molecular flexibility index (Phi) is 5.23. The van der Waals surface area contributed by atoms with Gasteiger partial charge in [0.25, 0.3) is 0 Å². The van der Waals surface area contributed by atoms with Crippen molar-refractivity contribution in [2.24, 2.45) is 0 Å². The second-order valence-electron chi connectivity index (χ2n) is 8.56. The lowest BCUT2D eigenvalue weighted by molar-refractivity contribution is -0.115. The smallest absolute Gasteiger partial charge is 0.242 e. The van der Waals surface area contributed by atoms with Crippen LogP contribution >= 0.6 is 11.8 Å². The zero-order valence-electron chi connectivity index (χ0n) is 18.2. The summed E-state index contributed by atoms with van der Waals surface area (Å²) in [6, 6.07) is 26.7. The highest BCUT2D eigenvalue weighted by Crippen LogP contribution is 2.41. The first-order valence-electron chi connectivity index (χ1n) is 11.4. The number of aromatic nitrogens is 3. The molecule has 1 fully saturated rings. The lowest BCUT2D eigenvalue weighted by atomic mass is 10.0. The molecule has 1 aromatic heterocycles. The van der Waals surface area contributed by atoms with Crippen LogP contribution in [0.1, 0.15) is 35.7 Å². The second kappa shape index (κ2) is 8.52. The summed E-state index contributed by atoms with van der Waals surface area (Å²) in [5.41, 5.74) is 5.42. The van der Waals surface area contributed by atoms with Crippen LogP contribution in [0.25, 0.3) is 5.69 Å². The summed E-state index contributed by atoms with van der Waals surface area (Å²) in [7, 11) is 0. The molecule has 3 aromatic carbocycles. The highest BCUT2D eigenvalue weighted by molar-refractivity contribution is 7.99. The normalized spacial score (nSPS) is 15.0. The number of hydrogen-bond donors (Lipinski definition) is 0. The third kappa shape index (κ3) is 3.85. The molecule has 0 atom stereocenters. The van der Waals surface area contributed by atoms with Crippen molar-refractivity contribution < 1.29 is 4.79 Å². The van der Waals surface area contributed by atoms with Gasteiger partial charge in [0.15, 0.2) is 5.16 Å². The van der Waals surface area contributed by atoms with Gasteiger partial charge in [-0.1, -0.05) is 66.4 Å². The first-order chi connectivity index (χ1) is 16.3. The van der Waals surface area contributed by atoms with Gasteiger partial charge in [0, 0.05) is 11.6 Å². The van der Waals surface area contributed by atoms with E-state index in [9.17, 15) is 4.79 Å². The van der Waals surface area contributed by atoms with Crippen LogP contribution in [-0.4, -0.2) is 26.4 Å². The van der Waals surface area contributed by atoms with Gasteiger partial charge in [0.2, 0.25) is 5.91 Å². The molecule has 1 aliphatic heterocycles. The third-order valence-electron chi connectivity index (χ3n) is 6.32. The van der Waals surface area contributed by atoms with Gasteiger partial charge in [0.1, 0.15) is 5.82 Å². The van der Waals surface area contributed by atoms with Gasteiger partial charge in [-0.3, -0.25) is 14.3 Å². The van der Waals surface area contributed by atoms with Gasteiger partial charge < -0.3 is 0 Å². The number of para-hydroxylation sites is 3. The van der Waals surface area contributed by atoms with E-state index in [1.807, 2.05) is 47.4 Å². The Balaban J connectivity index is 1.33. The summed E-state index contributed by atoms with van der Waals surface area (Å²) in [6.07, 6.45) is 4.15. The number of nitrogens with zero attached hydrogens (tertiary/aromatic N) is 4. The minimum absolute atomic E-state index is 0.0531. The van der Waals surface area contributed by atoms with E-state index in [0.29, 0.717) is 5.92 Å². The Morgan fingerprint density at radius 3 is 2.06 bits per heavy atom. The van der Waals surface area contributed by atoms with Crippen LogP contribution in [0.4, 0.5) is 11.4 Å². The zero-order valence-corrected chi connectivity index (χ0v) is 19.0. The quantitative estimate of drug-likeness (QED) is 0.365. The van der Waals surface area contributed by atoms with Crippen LogP contribution in [-0.2, 0) is 17.6 Å². The Morgan fingerprint density at radius 2 is 1.42 bits per heavy atom. The first-order valence-corrected chi connectivity index (χ1v) is 12.4. The van der Waals surface area contributed by atoms with Crippen LogP contribution in [0.2, 0.25) is 0 Å². The topological polar surface area (TPSA) is 51.0 Å². The number of anilines is 2. The molecule has 2 aliphatic rings. The number of fused-ring (bicyclic) bond motifs is 2. The van der Waals surface area contributed by atoms with Gasteiger partial charge in [-0.25, -0.2) is 0 Å². The van der Waals surface area contributed by atoms with Crippen molar-refractivity contribution in [2.45, 2.75) is 36.8 Å². The fourth-order valence-corrected chi connectivity index (χ4v) is 5.35. The van der Waals surface area contributed by atoms with Crippen molar-refractivity contribution in [3.05, 3.63) is 95.8 Å². The molecule has 6 heteroatoms. The van der Waals surface area contributed by atoms with Crippen molar-refractivity contribution >= 4 is 29.0 Å². The largest absolute Gasteiger partial charge is 0.280 e. The standard InChI is InChI=1S/C27H24N4OS/c32-25(31-23-12-6-4-8-19(23)14-15-20-9-5-7-13-24(20)31)18-33-27-29-28-26(21-16-17-21)30(27)22-10-2-1-3-11-22/h1-13,21H,14-18H2. The number of benzene rings is 3. The zero-order chi connectivity index (χ0) is 22.2. The average Bonchev–Trinajstić information content (AvgIpc) is 3.64. The molecule has 0 saturated heterocycles. The molecule has 0 unspecified atom stereocenters. The van der Waals surface area contributed by atoms with Gasteiger partial charge in [-0.2, -0.15) is 0 Å². The van der Waals surface area contributed by atoms with Crippen molar-refractivity contribution in [3.8, 4) is 5.69 Å². The van der Waals surface area contributed by atoms with Crippen LogP contribution < -0.4 is 4.90 Å². The van der Waals surface area contributed by atoms with Crippen molar-refractivity contribution in [1.29, 1.82) is 0 Å². The maximum absolute atomic E-state index is 13.7. The number of thioether (sulfide) groups is 1. The van der Waals surface area contributed by atoms with E-state index in [-0.39, 0.29) is 11.7 Å². The molecule has 2 heterocycles. The third-order valence-corrected chi connectivity index (χ3v) is 7.23. The Morgan fingerprint density at radius 1 is 0.818 bits per heavy atom. The molecule has 1 amide bonds. The molecule has 6 rings (SSSR count). The summed E-state index contributed by atoms with van der Waals surface area (Å²) >= 11 is 1.46. The molecule has 4 aromatic rings. The number of amides is 1. The number of aryl methyl sites for hydroxylation is 2. The molecule has 0 N–H and O–H groups in total. The predicted octanol–water partition coefficient (Wildman–Crippen LogP) is 5.70. The number of carbonyl (C=O) groups is 1. The highest BCUT2D eigenvalue weighted by atomic mass is 32.2. The monoisotopic (exact) mass is 452 g/mol. The van der Waals surface area contributed by atoms with Gasteiger partial charge in [-0.05, 0) is 61.1 Å². The molecule has 0 spiro atoms. The van der Waals surface area contributed by atoms with E-state index < -0.39 is 0 Å². The number of rotatable bonds is 5. The van der Waals surface area contributed by atoms with Crippen LogP contribution in [0.15, 0.2) is 84.0 Å². The molecule has 1 aliphatic carbocycles. The van der Waals surface area contributed by atoms with E-state index in [1.54, 1.807) is 0 Å². The lowest BCUT2D eigenvalue weighted by Gasteiger charge is -2.25. The molecule has 1 saturated carbocycles. The van der Waals surface area contributed by atoms with Crippen LogP contribution in [0.3, 0.4) is 0 Å². The molecule has 5 nitrogen and oxygen atoms in total. The molecule has 0 bridgehead atoms. The molecular weight excluding hydrogens is 428 g/mol. The van der Waals surface area contributed by atoms with E-state index in [1.165, 1.54) is 22.9 Å². The van der Waals surface area contributed by atoms with E-state index in [0.717, 1.165) is 53.7 Å². The summed E-state index contributed by atoms with van der Waals surface area (Å²) < 4.78 is 2.12. The van der Waals surface area contributed by atoms with Gasteiger partial charge in [0.05, 0.1) is 17.1 Å². The lowest BCUT2D eigenvalue weighted by Crippen LogP contribution is -2.28. The van der Waals surface area contributed by atoms with E-state index in [2.05, 4.69) is 51.2 Å². The fourth-order valence-electron chi connectivity index (χ4n) is 4.54. The van der Waals surface area contributed by atoms with E-state index in [4.69, 9.17) is 0 Å². The predicted molar refractivity (Wildman–Crippen MR) is 131 cm³/mol. The van der Waals surface area contributed by atoms with Crippen LogP contribution in [0, 0.1) is 0 Å².